The summed E-state index contributed by atoms with van der Waals surface area (Å²) in [4.78, 5) is 0. The first kappa shape index (κ1) is 15.4. The maximum atomic E-state index is 3.99. The van der Waals surface area contributed by atoms with Gasteiger partial charge in [0.15, 0.2) is 0 Å². The number of hydrogen-bond acceptors (Lipinski definition) is 1. The van der Waals surface area contributed by atoms with Crippen molar-refractivity contribution in [3.63, 3.8) is 0 Å². The van der Waals surface area contributed by atoms with Crippen LogP contribution in [0.2, 0.25) is 0 Å². The Morgan fingerprint density at radius 2 is 1.68 bits per heavy atom. The summed E-state index contributed by atoms with van der Waals surface area (Å²) >= 11 is 0. The van der Waals surface area contributed by atoms with E-state index in [1.807, 2.05) is 0 Å². The molecule has 2 aliphatic rings. The van der Waals surface area contributed by atoms with Crippen LogP contribution in [0.4, 0.5) is 0 Å². The zero-order valence-electron chi connectivity index (χ0n) is 13.3. The summed E-state index contributed by atoms with van der Waals surface area (Å²) in [5.74, 6) is 1.99. The van der Waals surface area contributed by atoms with Gasteiger partial charge in [0.1, 0.15) is 0 Å². The van der Waals surface area contributed by atoms with E-state index >= 15 is 0 Å². The first-order valence-corrected chi connectivity index (χ1v) is 9.05. The van der Waals surface area contributed by atoms with Crippen LogP contribution in [0.15, 0.2) is 0 Å². The van der Waals surface area contributed by atoms with Gasteiger partial charge in [0.25, 0.3) is 0 Å². The summed E-state index contributed by atoms with van der Waals surface area (Å²) in [5.41, 5.74) is 0. The van der Waals surface area contributed by atoms with Crippen molar-refractivity contribution in [3.05, 3.63) is 0 Å². The zero-order valence-corrected chi connectivity index (χ0v) is 13.3. The standard InChI is InChI=1S/C18H35N/c1-3-8-16-9-7-12-18(14-13-16)19-15(2)17-10-5-4-6-11-17/h15-19H,3-14H2,1-2H3/t15-,16?,18?/m0/s1. The Kier molecular flexibility index (Phi) is 6.70. The molecule has 1 nitrogen and oxygen atoms in total. The molecule has 2 saturated carbocycles. The van der Waals surface area contributed by atoms with Crippen molar-refractivity contribution in [2.75, 3.05) is 0 Å². The molecule has 2 rings (SSSR count). The maximum Gasteiger partial charge on any atom is 0.00697 e. The fourth-order valence-electron chi connectivity index (χ4n) is 4.38. The van der Waals surface area contributed by atoms with Crippen LogP contribution in [-0.4, -0.2) is 12.1 Å². The Labute approximate surface area is 120 Å². The summed E-state index contributed by atoms with van der Waals surface area (Å²) in [5, 5.41) is 3.99. The summed E-state index contributed by atoms with van der Waals surface area (Å²) < 4.78 is 0. The summed E-state index contributed by atoms with van der Waals surface area (Å²) in [7, 11) is 0. The van der Waals surface area contributed by atoms with Crippen LogP contribution in [-0.2, 0) is 0 Å². The van der Waals surface area contributed by atoms with E-state index in [0.717, 1.165) is 23.9 Å². The largest absolute Gasteiger partial charge is 0.311 e. The van der Waals surface area contributed by atoms with Crippen LogP contribution in [0.5, 0.6) is 0 Å². The molecule has 0 aromatic carbocycles. The van der Waals surface area contributed by atoms with E-state index in [1.165, 1.54) is 77.0 Å². The van der Waals surface area contributed by atoms with E-state index in [1.54, 1.807) is 0 Å². The number of rotatable bonds is 5. The van der Waals surface area contributed by atoms with Crippen molar-refractivity contribution in [1.82, 2.24) is 5.32 Å². The molecule has 0 spiro atoms. The van der Waals surface area contributed by atoms with Gasteiger partial charge in [-0.1, -0.05) is 51.9 Å². The molecule has 0 aromatic rings. The molecule has 0 bridgehead atoms. The third-order valence-corrected chi connectivity index (χ3v) is 5.64. The van der Waals surface area contributed by atoms with E-state index in [0.29, 0.717) is 0 Å². The Hall–Kier alpha value is -0.0400. The first-order valence-electron chi connectivity index (χ1n) is 9.05. The highest BCUT2D eigenvalue weighted by atomic mass is 14.9. The quantitative estimate of drug-likeness (QED) is 0.666. The average Bonchev–Trinajstić information content (AvgIpc) is 2.66. The molecule has 0 radical (unpaired) electrons. The average molecular weight is 265 g/mol. The minimum atomic E-state index is 0.757. The second-order valence-electron chi connectivity index (χ2n) is 7.21. The van der Waals surface area contributed by atoms with Gasteiger partial charge in [-0.15, -0.1) is 0 Å². The van der Waals surface area contributed by atoms with Crippen LogP contribution >= 0.6 is 0 Å². The van der Waals surface area contributed by atoms with Crippen LogP contribution in [0.3, 0.4) is 0 Å². The molecule has 0 amide bonds. The Morgan fingerprint density at radius 3 is 2.42 bits per heavy atom. The third kappa shape index (κ3) is 5.10. The third-order valence-electron chi connectivity index (χ3n) is 5.64. The van der Waals surface area contributed by atoms with Crippen molar-refractivity contribution < 1.29 is 0 Å². The van der Waals surface area contributed by atoms with Gasteiger partial charge < -0.3 is 5.32 Å². The van der Waals surface area contributed by atoms with Gasteiger partial charge in [0, 0.05) is 12.1 Å². The van der Waals surface area contributed by atoms with Gasteiger partial charge in [-0.3, -0.25) is 0 Å². The fourth-order valence-corrected chi connectivity index (χ4v) is 4.38. The van der Waals surface area contributed by atoms with Crippen molar-refractivity contribution in [3.8, 4) is 0 Å². The van der Waals surface area contributed by atoms with Crippen molar-refractivity contribution in [1.29, 1.82) is 0 Å². The number of hydrogen-bond donors (Lipinski definition) is 1. The minimum Gasteiger partial charge on any atom is -0.311 e. The lowest BCUT2D eigenvalue weighted by atomic mass is 9.84. The molecule has 0 heterocycles. The lowest BCUT2D eigenvalue weighted by Crippen LogP contribution is -2.41. The molecular weight excluding hydrogens is 230 g/mol. The topological polar surface area (TPSA) is 12.0 Å². The molecule has 1 heteroatoms. The van der Waals surface area contributed by atoms with E-state index < -0.39 is 0 Å². The lowest BCUT2D eigenvalue weighted by Gasteiger charge is -2.31. The van der Waals surface area contributed by atoms with Gasteiger partial charge in [-0.25, -0.2) is 0 Å². The fraction of sp³-hybridized carbons (Fsp3) is 1.00. The molecule has 0 aromatic heterocycles. The molecule has 2 unspecified atom stereocenters. The Bertz CT molecular complexity index is 232. The molecule has 0 aliphatic heterocycles. The molecule has 112 valence electrons. The van der Waals surface area contributed by atoms with E-state index in [2.05, 4.69) is 19.2 Å². The predicted octanol–water partition coefficient (Wildman–Crippen LogP) is 5.29. The van der Waals surface area contributed by atoms with Crippen LogP contribution in [0, 0.1) is 11.8 Å². The van der Waals surface area contributed by atoms with Crippen LogP contribution in [0.1, 0.15) is 90.9 Å². The highest BCUT2D eigenvalue weighted by Crippen LogP contribution is 2.29. The van der Waals surface area contributed by atoms with Crippen LogP contribution < -0.4 is 5.32 Å². The first-order chi connectivity index (χ1) is 9.29. The SMILES string of the molecule is CCCC1CCCC(N[C@@H](C)C2CCCCC2)CC1. The molecule has 2 aliphatic carbocycles. The van der Waals surface area contributed by atoms with Crippen molar-refractivity contribution in [2.45, 2.75) is 103 Å². The van der Waals surface area contributed by atoms with Gasteiger partial charge in [0.2, 0.25) is 0 Å². The van der Waals surface area contributed by atoms with Crippen LogP contribution in [0.25, 0.3) is 0 Å². The summed E-state index contributed by atoms with van der Waals surface area (Å²) in [6, 6.07) is 1.58. The lowest BCUT2D eigenvalue weighted by molar-refractivity contribution is 0.255. The second-order valence-corrected chi connectivity index (χ2v) is 7.21. The number of nitrogens with one attached hydrogen (secondary N) is 1. The summed E-state index contributed by atoms with van der Waals surface area (Å²) in [6.45, 7) is 4.79. The molecule has 0 saturated heterocycles. The molecule has 19 heavy (non-hydrogen) atoms. The highest BCUT2D eigenvalue weighted by Gasteiger charge is 2.24. The monoisotopic (exact) mass is 265 g/mol. The minimum absolute atomic E-state index is 0.757. The van der Waals surface area contributed by atoms with Gasteiger partial charge >= 0.3 is 0 Å². The van der Waals surface area contributed by atoms with E-state index in [-0.39, 0.29) is 0 Å². The molecular formula is C18H35N. The Balaban J connectivity index is 1.72. The second kappa shape index (κ2) is 8.29. The van der Waals surface area contributed by atoms with Gasteiger partial charge in [-0.2, -0.15) is 0 Å². The smallest absolute Gasteiger partial charge is 0.00697 e. The van der Waals surface area contributed by atoms with Crippen molar-refractivity contribution in [2.24, 2.45) is 11.8 Å². The van der Waals surface area contributed by atoms with Gasteiger partial charge in [-0.05, 0) is 50.9 Å². The van der Waals surface area contributed by atoms with Gasteiger partial charge in [0.05, 0.1) is 0 Å². The van der Waals surface area contributed by atoms with E-state index in [9.17, 15) is 0 Å². The molecule has 1 N–H and O–H groups in total. The molecule has 2 fully saturated rings. The highest BCUT2D eigenvalue weighted by molar-refractivity contribution is 4.82. The summed E-state index contributed by atoms with van der Waals surface area (Å²) in [6.07, 6.45) is 17.5. The van der Waals surface area contributed by atoms with E-state index in [4.69, 9.17) is 0 Å². The van der Waals surface area contributed by atoms with Crippen molar-refractivity contribution >= 4 is 0 Å². The Morgan fingerprint density at radius 1 is 0.895 bits per heavy atom. The zero-order chi connectivity index (χ0) is 13.5. The normalized spacial score (nSPS) is 31.9. The predicted molar refractivity (Wildman–Crippen MR) is 84.4 cm³/mol. The maximum absolute atomic E-state index is 3.99. The molecule has 3 atom stereocenters.